The van der Waals surface area contributed by atoms with Crippen LogP contribution in [0.4, 0.5) is 0 Å². The summed E-state index contributed by atoms with van der Waals surface area (Å²) in [6, 6.07) is 0. The van der Waals surface area contributed by atoms with E-state index in [1.807, 2.05) is 0 Å². The van der Waals surface area contributed by atoms with Crippen molar-refractivity contribution in [1.82, 2.24) is 0 Å². The van der Waals surface area contributed by atoms with Crippen molar-refractivity contribution in [2.45, 2.75) is 25.7 Å². The van der Waals surface area contributed by atoms with Gasteiger partial charge in [-0.3, -0.25) is 4.18 Å². The Kier molecular flexibility index (Phi) is 6.29. The minimum Gasteiger partial charge on any atom is -0.267 e. The first-order chi connectivity index (χ1) is 6.12. The van der Waals surface area contributed by atoms with Gasteiger partial charge in [0.25, 0.3) is 10.1 Å². The molecular formula is C9H14O3S. The van der Waals surface area contributed by atoms with Crippen LogP contribution in [-0.4, -0.2) is 15.0 Å². The zero-order valence-electron chi connectivity index (χ0n) is 7.53. The van der Waals surface area contributed by atoms with Crippen molar-refractivity contribution in [3.8, 4) is 12.3 Å². The number of unbranched alkanes of at least 4 members (excludes halogenated alkanes) is 3. The predicted octanol–water partition coefficient (Wildman–Crippen LogP) is 1.67. The van der Waals surface area contributed by atoms with Gasteiger partial charge >= 0.3 is 0 Å². The van der Waals surface area contributed by atoms with Gasteiger partial charge < -0.3 is 0 Å². The quantitative estimate of drug-likeness (QED) is 0.358. The number of hydrogen-bond donors (Lipinski definition) is 0. The van der Waals surface area contributed by atoms with Gasteiger partial charge in [-0.25, -0.2) is 0 Å². The Labute approximate surface area is 79.9 Å². The van der Waals surface area contributed by atoms with Crippen LogP contribution in [0.2, 0.25) is 0 Å². The molecule has 0 aromatic rings. The molecule has 0 saturated heterocycles. The van der Waals surface area contributed by atoms with Crippen LogP contribution < -0.4 is 0 Å². The lowest BCUT2D eigenvalue weighted by Crippen LogP contribution is -2.02. The second kappa shape index (κ2) is 6.70. The highest BCUT2D eigenvalue weighted by Crippen LogP contribution is 2.01. The fourth-order valence-corrected chi connectivity index (χ4v) is 1.18. The van der Waals surface area contributed by atoms with E-state index < -0.39 is 10.1 Å². The zero-order valence-corrected chi connectivity index (χ0v) is 8.35. The minimum absolute atomic E-state index is 0.207. The average molecular weight is 202 g/mol. The van der Waals surface area contributed by atoms with Gasteiger partial charge in [-0.05, 0) is 12.8 Å². The zero-order chi connectivity index (χ0) is 10.2. The first kappa shape index (κ1) is 12.2. The van der Waals surface area contributed by atoms with Gasteiger partial charge in [0.2, 0.25) is 0 Å². The summed E-state index contributed by atoms with van der Waals surface area (Å²) in [6.45, 7) is 3.33. The SMILES string of the molecule is C#CCCCCCOS(=O)(=O)C=C. The van der Waals surface area contributed by atoms with E-state index in [1.165, 1.54) is 0 Å². The van der Waals surface area contributed by atoms with Crippen molar-refractivity contribution < 1.29 is 12.6 Å². The lowest BCUT2D eigenvalue weighted by Gasteiger charge is -1.99. The molecule has 0 saturated carbocycles. The molecule has 0 aromatic heterocycles. The third kappa shape index (κ3) is 7.57. The molecule has 0 radical (unpaired) electrons. The Morgan fingerprint density at radius 3 is 2.62 bits per heavy atom. The van der Waals surface area contributed by atoms with Crippen LogP contribution in [-0.2, 0) is 14.3 Å². The van der Waals surface area contributed by atoms with Crippen LogP contribution in [0.15, 0.2) is 12.0 Å². The second-order valence-corrected chi connectivity index (χ2v) is 4.05. The third-order valence-electron chi connectivity index (χ3n) is 1.42. The summed E-state index contributed by atoms with van der Waals surface area (Å²) in [5, 5.41) is 0.800. The predicted molar refractivity (Wildman–Crippen MR) is 52.4 cm³/mol. The highest BCUT2D eigenvalue weighted by atomic mass is 32.2. The van der Waals surface area contributed by atoms with Crippen molar-refractivity contribution in [1.29, 1.82) is 0 Å². The van der Waals surface area contributed by atoms with Crippen LogP contribution in [0.25, 0.3) is 0 Å². The molecule has 0 aliphatic carbocycles. The molecule has 0 aliphatic rings. The molecule has 0 aliphatic heterocycles. The van der Waals surface area contributed by atoms with E-state index in [2.05, 4.69) is 16.7 Å². The Bertz CT molecular complexity index is 272. The molecule has 0 bridgehead atoms. The van der Waals surface area contributed by atoms with Crippen LogP contribution in [0.5, 0.6) is 0 Å². The monoisotopic (exact) mass is 202 g/mol. The van der Waals surface area contributed by atoms with E-state index in [0.29, 0.717) is 6.42 Å². The van der Waals surface area contributed by atoms with Crippen LogP contribution >= 0.6 is 0 Å². The first-order valence-corrected chi connectivity index (χ1v) is 5.55. The molecule has 0 heterocycles. The molecule has 13 heavy (non-hydrogen) atoms. The van der Waals surface area contributed by atoms with Crippen LogP contribution in [0.3, 0.4) is 0 Å². The lowest BCUT2D eigenvalue weighted by molar-refractivity contribution is 0.313. The Morgan fingerprint density at radius 1 is 1.38 bits per heavy atom. The van der Waals surface area contributed by atoms with Crippen molar-refractivity contribution in [3.05, 3.63) is 12.0 Å². The highest BCUT2D eigenvalue weighted by Gasteiger charge is 2.02. The fourth-order valence-electron chi connectivity index (χ4n) is 0.729. The summed E-state index contributed by atoms with van der Waals surface area (Å²) in [4.78, 5) is 0. The van der Waals surface area contributed by atoms with E-state index in [1.54, 1.807) is 0 Å². The number of terminal acetylenes is 1. The molecule has 0 spiro atoms. The number of rotatable bonds is 7. The molecule has 0 unspecified atom stereocenters. The summed E-state index contributed by atoms with van der Waals surface area (Å²) in [5.41, 5.74) is 0. The van der Waals surface area contributed by atoms with E-state index in [0.717, 1.165) is 24.7 Å². The van der Waals surface area contributed by atoms with E-state index >= 15 is 0 Å². The van der Waals surface area contributed by atoms with Crippen molar-refractivity contribution in [3.63, 3.8) is 0 Å². The van der Waals surface area contributed by atoms with E-state index in [-0.39, 0.29) is 6.61 Å². The van der Waals surface area contributed by atoms with Gasteiger partial charge in [-0.2, -0.15) is 8.42 Å². The van der Waals surface area contributed by atoms with Crippen molar-refractivity contribution in [2.75, 3.05) is 6.61 Å². The molecule has 0 N–H and O–H groups in total. The molecule has 74 valence electrons. The molecule has 0 amide bonds. The van der Waals surface area contributed by atoms with Crippen LogP contribution in [0.1, 0.15) is 25.7 Å². The van der Waals surface area contributed by atoms with Gasteiger partial charge in [0, 0.05) is 6.42 Å². The smallest absolute Gasteiger partial charge is 0.267 e. The fraction of sp³-hybridized carbons (Fsp3) is 0.556. The molecule has 0 fully saturated rings. The van der Waals surface area contributed by atoms with Gasteiger partial charge in [-0.1, -0.05) is 13.0 Å². The van der Waals surface area contributed by atoms with Crippen molar-refractivity contribution >= 4 is 10.1 Å². The largest absolute Gasteiger partial charge is 0.289 e. The van der Waals surface area contributed by atoms with E-state index in [4.69, 9.17) is 6.42 Å². The average Bonchev–Trinajstić information content (AvgIpc) is 2.11. The number of hydrogen-bond acceptors (Lipinski definition) is 3. The maximum absolute atomic E-state index is 10.7. The van der Waals surface area contributed by atoms with Gasteiger partial charge in [0.1, 0.15) is 0 Å². The molecule has 0 aromatic carbocycles. The normalized spacial score (nSPS) is 10.7. The third-order valence-corrected chi connectivity index (χ3v) is 2.32. The summed E-state index contributed by atoms with van der Waals surface area (Å²) < 4.78 is 26.0. The molecule has 0 rings (SSSR count). The molecule has 4 heteroatoms. The molecular weight excluding hydrogens is 188 g/mol. The summed E-state index contributed by atoms with van der Waals surface area (Å²) in [5.74, 6) is 2.51. The highest BCUT2D eigenvalue weighted by molar-refractivity contribution is 7.89. The summed E-state index contributed by atoms with van der Waals surface area (Å²) >= 11 is 0. The lowest BCUT2D eigenvalue weighted by atomic mass is 10.2. The van der Waals surface area contributed by atoms with E-state index in [9.17, 15) is 8.42 Å². The topological polar surface area (TPSA) is 43.4 Å². The van der Waals surface area contributed by atoms with Crippen molar-refractivity contribution in [2.24, 2.45) is 0 Å². The minimum atomic E-state index is -3.49. The Morgan fingerprint density at radius 2 is 2.08 bits per heavy atom. The Balaban J connectivity index is 3.37. The maximum Gasteiger partial charge on any atom is 0.289 e. The van der Waals surface area contributed by atoms with Gasteiger partial charge in [-0.15, -0.1) is 12.3 Å². The van der Waals surface area contributed by atoms with Gasteiger partial charge in [0.15, 0.2) is 0 Å². The first-order valence-electron chi connectivity index (χ1n) is 4.07. The Hall–Kier alpha value is -0.790. The van der Waals surface area contributed by atoms with Gasteiger partial charge in [0.05, 0.1) is 12.0 Å². The molecule has 3 nitrogen and oxygen atoms in total. The standard InChI is InChI=1S/C9H14O3S/c1-3-5-6-7-8-9-12-13(10,11)4-2/h1,4H,2,5-9H2. The molecule has 0 atom stereocenters. The summed E-state index contributed by atoms with van der Waals surface area (Å²) in [7, 11) is -3.49. The van der Waals surface area contributed by atoms with Crippen LogP contribution in [0, 0.1) is 12.3 Å². The summed E-state index contributed by atoms with van der Waals surface area (Å²) in [6.07, 6.45) is 8.27. The second-order valence-electron chi connectivity index (χ2n) is 2.50. The maximum atomic E-state index is 10.7.